The van der Waals surface area contributed by atoms with Gasteiger partial charge in [0, 0.05) is 48.5 Å². The largest absolute Gasteiger partial charge is 0.333 e. The van der Waals surface area contributed by atoms with Gasteiger partial charge in [0.15, 0.2) is 0 Å². The minimum Gasteiger partial charge on any atom is -0.333 e. The van der Waals surface area contributed by atoms with Crippen molar-refractivity contribution in [3.05, 3.63) is 57.3 Å². The highest BCUT2D eigenvalue weighted by Crippen LogP contribution is 2.34. The molecule has 1 fully saturated rings. The van der Waals surface area contributed by atoms with Crippen molar-refractivity contribution >= 4 is 34.7 Å². The predicted molar refractivity (Wildman–Crippen MR) is 109 cm³/mol. The second kappa shape index (κ2) is 7.09. The van der Waals surface area contributed by atoms with E-state index in [9.17, 15) is 9.59 Å². The molecule has 142 valence electrons. The van der Waals surface area contributed by atoms with Gasteiger partial charge in [-0.3, -0.25) is 14.6 Å². The second-order valence-corrected chi connectivity index (χ2v) is 8.37. The Kier molecular flexibility index (Phi) is 4.43. The summed E-state index contributed by atoms with van der Waals surface area (Å²) in [5.41, 5.74) is 7.76. The Hall–Kier alpha value is -2.60. The molecule has 5 rings (SSSR count). The maximum atomic E-state index is 12.5. The van der Waals surface area contributed by atoms with Crippen molar-refractivity contribution in [1.82, 2.24) is 14.9 Å². The number of amides is 1. The van der Waals surface area contributed by atoms with Crippen LogP contribution in [0.5, 0.6) is 0 Å². The van der Waals surface area contributed by atoms with Gasteiger partial charge in [0.05, 0.1) is 11.2 Å². The Morgan fingerprint density at radius 3 is 2.89 bits per heavy atom. The number of carbonyl (C=O) groups excluding carboxylic acids is 2. The van der Waals surface area contributed by atoms with Crippen molar-refractivity contribution in [2.45, 2.75) is 32.1 Å². The molecule has 3 aliphatic rings. The van der Waals surface area contributed by atoms with Gasteiger partial charge in [0.1, 0.15) is 11.5 Å². The predicted octanol–water partition coefficient (Wildman–Crippen LogP) is 3.56. The quantitative estimate of drug-likeness (QED) is 0.782. The van der Waals surface area contributed by atoms with Crippen molar-refractivity contribution in [3.8, 4) is 0 Å². The van der Waals surface area contributed by atoms with Crippen LogP contribution in [0.3, 0.4) is 0 Å². The fraction of sp³-hybridized carbons (Fsp3) is 0.364. The van der Waals surface area contributed by atoms with E-state index in [-0.39, 0.29) is 11.8 Å². The summed E-state index contributed by atoms with van der Waals surface area (Å²) in [7, 11) is 0. The van der Waals surface area contributed by atoms with E-state index in [1.807, 2.05) is 4.90 Å². The van der Waals surface area contributed by atoms with E-state index < -0.39 is 0 Å². The standard InChI is InChI=1S/C22H21N3O2S/c26-21(15-4-5-15)11-16-10-18(17-2-1-3-19(17)24-16)14-6-8-25(9-7-14)22(27)20-12-28-13-23-20/h1-2,6,10,12-13,15H,3-5,7-9,11H2. The Balaban J connectivity index is 1.39. The monoisotopic (exact) mass is 391 g/mol. The zero-order valence-corrected chi connectivity index (χ0v) is 16.4. The van der Waals surface area contributed by atoms with Crippen LogP contribution in [-0.2, 0) is 17.6 Å². The molecular weight excluding hydrogens is 370 g/mol. The van der Waals surface area contributed by atoms with Crippen LogP contribution in [0.4, 0.5) is 0 Å². The summed E-state index contributed by atoms with van der Waals surface area (Å²) in [6, 6.07) is 2.10. The van der Waals surface area contributed by atoms with Crippen LogP contribution in [0.2, 0.25) is 0 Å². The topological polar surface area (TPSA) is 63.2 Å². The smallest absolute Gasteiger partial charge is 0.273 e. The average molecular weight is 391 g/mol. The van der Waals surface area contributed by atoms with Gasteiger partial charge in [-0.2, -0.15) is 0 Å². The van der Waals surface area contributed by atoms with Crippen LogP contribution >= 0.6 is 11.3 Å². The van der Waals surface area contributed by atoms with Crippen molar-refractivity contribution < 1.29 is 9.59 Å². The zero-order chi connectivity index (χ0) is 19.1. The Morgan fingerprint density at radius 2 is 2.18 bits per heavy atom. The van der Waals surface area contributed by atoms with Gasteiger partial charge in [0.25, 0.3) is 5.91 Å². The Bertz CT molecular complexity index is 1000. The summed E-state index contributed by atoms with van der Waals surface area (Å²) in [6.07, 6.45) is 10.5. The second-order valence-electron chi connectivity index (χ2n) is 7.65. The number of pyridine rings is 1. The van der Waals surface area contributed by atoms with E-state index in [1.165, 1.54) is 28.0 Å². The van der Waals surface area contributed by atoms with Gasteiger partial charge >= 0.3 is 0 Å². The molecule has 0 atom stereocenters. The van der Waals surface area contributed by atoms with E-state index in [2.05, 4.69) is 29.3 Å². The number of hydrogen-bond donors (Lipinski definition) is 0. The summed E-state index contributed by atoms with van der Waals surface area (Å²) < 4.78 is 0. The lowest BCUT2D eigenvalue weighted by molar-refractivity contribution is -0.119. The van der Waals surface area contributed by atoms with E-state index in [4.69, 9.17) is 4.98 Å². The molecule has 0 N–H and O–H groups in total. The molecule has 1 amide bonds. The molecule has 6 heteroatoms. The molecule has 0 radical (unpaired) electrons. The molecule has 1 saturated carbocycles. The molecule has 28 heavy (non-hydrogen) atoms. The molecule has 5 nitrogen and oxygen atoms in total. The van der Waals surface area contributed by atoms with Crippen molar-refractivity contribution in [2.75, 3.05) is 13.1 Å². The Labute approximate surface area is 167 Å². The molecule has 1 aliphatic heterocycles. The highest BCUT2D eigenvalue weighted by Gasteiger charge is 2.30. The molecule has 0 bridgehead atoms. The van der Waals surface area contributed by atoms with E-state index >= 15 is 0 Å². The number of fused-ring (bicyclic) bond motifs is 1. The first-order chi connectivity index (χ1) is 13.7. The number of nitrogens with zero attached hydrogens (tertiary/aromatic N) is 3. The Morgan fingerprint density at radius 1 is 1.29 bits per heavy atom. The SMILES string of the molecule is O=C(Cc1cc(C2=CCN(C(=O)c3cscn3)CC2)c2c(n1)CC=C2)C1CC1. The molecule has 0 saturated heterocycles. The molecule has 2 aromatic rings. The third kappa shape index (κ3) is 3.33. The lowest BCUT2D eigenvalue weighted by atomic mass is 9.93. The first-order valence-corrected chi connectivity index (χ1v) is 10.7. The minimum atomic E-state index is -0.00729. The van der Waals surface area contributed by atoms with Crippen molar-refractivity contribution in [1.29, 1.82) is 0 Å². The highest BCUT2D eigenvalue weighted by atomic mass is 32.1. The van der Waals surface area contributed by atoms with Gasteiger partial charge in [-0.25, -0.2) is 4.98 Å². The van der Waals surface area contributed by atoms with Gasteiger partial charge in [-0.05, 0) is 36.5 Å². The van der Waals surface area contributed by atoms with Crippen LogP contribution in [0.1, 0.15) is 52.3 Å². The first kappa shape index (κ1) is 17.5. The van der Waals surface area contributed by atoms with Crippen LogP contribution in [0.25, 0.3) is 11.6 Å². The van der Waals surface area contributed by atoms with Crippen LogP contribution in [0, 0.1) is 5.92 Å². The van der Waals surface area contributed by atoms with E-state index in [0.717, 1.165) is 37.1 Å². The van der Waals surface area contributed by atoms with Gasteiger partial charge in [-0.1, -0.05) is 18.2 Å². The summed E-state index contributed by atoms with van der Waals surface area (Å²) in [4.78, 5) is 35.5. The molecule has 3 heterocycles. The zero-order valence-electron chi connectivity index (χ0n) is 15.6. The molecule has 0 unspecified atom stereocenters. The fourth-order valence-electron chi connectivity index (χ4n) is 3.96. The maximum absolute atomic E-state index is 12.5. The number of hydrogen-bond acceptors (Lipinski definition) is 5. The summed E-state index contributed by atoms with van der Waals surface area (Å²) >= 11 is 1.44. The summed E-state index contributed by atoms with van der Waals surface area (Å²) in [5.74, 6) is 0.574. The summed E-state index contributed by atoms with van der Waals surface area (Å²) in [6.45, 7) is 1.27. The lowest BCUT2D eigenvalue weighted by Gasteiger charge is -2.27. The number of aromatic nitrogens is 2. The highest BCUT2D eigenvalue weighted by molar-refractivity contribution is 7.07. The molecule has 0 spiro atoms. The first-order valence-electron chi connectivity index (χ1n) is 9.78. The van der Waals surface area contributed by atoms with Crippen LogP contribution in [-0.4, -0.2) is 39.6 Å². The summed E-state index contributed by atoms with van der Waals surface area (Å²) in [5, 5.41) is 1.80. The van der Waals surface area contributed by atoms with Crippen molar-refractivity contribution in [3.63, 3.8) is 0 Å². The minimum absolute atomic E-state index is 0.00729. The number of rotatable bonds is 5. The number of thiazole rings is 1. The number of carbonyl (C=O) groups is 2. The van der Waals surface area contributed by atoms with Gasteiger partial charge < -0.3 is 4.90 Å². The van der Waals surface area contributed by atoms with Gasteiger partial charge in [-0.15, -0.1) is 11.3 Å². The lowest BCUT2D eigenvalue weighted by Crippen LogP contribution is -2.34. The third-order valence-electron chi connectivity index (χ3n) is 5.67. The van der Waals surface area contributed by atoms with Crippen LogP contribution in [0.15, 0.2) is 29.1 Å². The van der Waals surface area contributed by atoms with E-state index in [0.29, 0.717) is 31.0 Å². The number of ketones is 1. The molecule has 0 aromatic carbocycles. The molecule has 2 aromatic heterocycles. The normalized spacial score (nSPS) is 18.1. The molecule has 2 aliphatic carbocycles. The van der Waals surface area contributed by atoms with Gasteiger partial charge in [0.2, 0.25) is 0 Å². The average Bonchev–Trinajstić information content (AvgIpc) is 3.22. The van der Waals surface area contributed by atoms with Crippen molar-refractivity contribution in [2.24, 2.45) is 5.92 Å². The third-order valence-corrected chi connectivity index (χ3v) is 6.25. The number of allylic oxidation sites excluding steroid dienone is 1. The molecular formula is C22H21N3O2S. The van der Waals surface area contributed by atoms with E-state index in [1.54, 1.807) is 10.9 Å². The maximum Gasteiger partial charge on any atom is 0.273 e. The van der Waals surface area contributed by atoms with Crippen LogP contribution < -0.4 is 0 Å². The number of Topliss-reactive ketones (excluding diaryl/α,β-unsaturated/α-hetero) is 1. The fourth-order valence-corrected chi connectivity index (χ4v) is 4.48.